The van der Waals surface area contributed by atoms with Gasteiger partial charge in [-0.15, -0.1) is 0 Å². The second kappa shape index (κ2) is 4.81. The zero-order valence-corrected chi connectivity index (χ0v) is 11.9. The minimum Gasteiger partial charge on any atom is -0.502 e. The van der Waals surface area contributed by atoms with Gasteiger partial charge in [-0.1, -0.05) is 24.3 Å². The zero-order valence-electron chi connectivity index (χ0n) is 11.9. The smallest absolute Gasteiger partial charge is 0.311 e. The van der Waals surface area contributed by atoms with Crippen molar-refractivity contribution >= 4 is 33.7 Å². The number of nitrogens with zero attached hydrogens (tertiary/aromatic N) is 2. The number of anilines is 1. The fourth-order valence-electron chi connectivity index (χ4n) is 2.75. The molecule has 0 amide bonds. The topological polar surface area (TPSA) is 87.8 Å². The molecule has 112 valence electrons. The number of nitro groups is 1. The summed E-state index contributed by atoms with van der Waals surface area (Å²) in [6, 6.07) is 15.9. The first-order chi connectivity index (χ1) is 11.1. The summed E-state index contributed by atoms with van der Waals surface area (Å²) in [5, 5.41) is 25.9. The third kappa shape index (κ3) is 2.08. The number of nitrogens with one attached hydrogen (secondary N) is 1. The van der Waals surface area contributed by atoms with E-state index in [9.17, 15) is 15.2 Å². The number of phenolic OH excluding ortho intramolecular Hbond substituents is 1. The van der Waals surface area contributed by atoms with E-state index in [0.29, 0.717) is 11.4 Å². The summed E-state index contributed by atoms with van der Waals surface area (Å²) in [4.78, 5) is 14.9. The summed E-state index contributed by atoms with van der Waals surface area (Å²) in [5.41, 5.74) is 1.91. The van der Waals surface area contributed by atoms with Crippen LogP contribution < -0.4 is 5.32 Å². The Morgan fingerprint density at radius 2 is 1.87 bits per heavy atom. The average Bonchev–Trinajstić information content (AvgIpc) is 2.55. The molecule has 0 bridgehead atoms. The van der Waals surface area contributed by atoms with Gasteiger partial charge >= 0.3 is 5.69 Å². The van der Waals surface area contributed by atoms with Crippen LogP contribution in [0.2, 0.25) is 0 Å². The molecule has 0 saturated carbocycles. The van der Waals surface area contributed by atoms with Gasteiger partial charge in [0.25, 0.3) is 0 Å². The number of amidine groups is 1. The van der Waals surface area contributed by atoms with Gasteiger partial charge in [0, 0.05) is 22.7 Å². The second-order valence-electron chi connectivity index (χ2n) is 5.23. The molecular weight excluding hydrogens is 294 g/mol. The molecule has 0 fully saturated rings. The highest BCUT2D eigenvalue weighted by atomic mass is 16.6. The molecule has 0 saturated heterocycles. The molecule has 0 aromatic heterocycles. The molecule has 6 heteroatoms. The van der Waals surface area contributed by atoms with Crippen molar-refractivity contribution in [3.63, 3.8) is 0 Å². The van der Waals surface area contributed by atoms with Crippen molar-refractivity contribution in [1.29, 1.82) is 0 Å². The number of rotatable bonds is 2. The summed E-state index contributed by atoms with van der Waals surface area (Å²) in [6.07, 6.45) is 0. The maximum atomic E-state index is 11.0. The second-order valence-corrected chi connectivity index (χ2v) is 5.23. The number of aromatic hydroxyl groups is 1. The van der Waals surface area contributed by atoms with Gasteiger partial charge in [-0.3, -0.25) is 10.1 Å². The van der Waals surface area contributed by atoms with Gasteiger partial charge in [0.05, 0.1) is 10.6 Å². The number of phenols is 1. The van der Waals surface area contributed by atoms with E-state index in [-0.39, 0.29) is 11.4 Å². The van der Waals surface area contributed by atoms with E-state index in [4.69, 9.17) is 0 Å². The van der Waals surface area contributed by atoms with Crippen molar-refractivity contribution in [2.45, 2.75) is 0 Å². The normalized spacial score (nSPS) is 12.6. The highest BCUT2D eigenvalue weighted by Crippen LogP contribution is 2.37. The van der Waals surface area contributed by atoms with Crippen molar-refractivity contribution in [2.24, 2.45) is 4.99 Å². The summed E-state index contributed by atoms with van der Waals surface area (Å²) in [6.45, 7) is 0. The monoisotopic (exact) mass is 305 g/mol. The molecule has 3 aromatic rings. The predicted molar refractivity (Wildman–Crippen MR) is 88.5 cm³/mol. The number of hydrogen-bond donors (Lipinski definition) is 2. The fraction of sp³-hybridized carbons (Fsp3) is 0. The maximum absolute atomic E-state index is 11.0. The third-order valence-electron chi connectivity index (χ3n) is 3.81. The largest absolute Gasteiger partial charge is 0.502 e. The first-order valence-electron chi connectivity index (χ1n) is 6.99. The summed E-state index contributed by atoms with van der Waals surface area (Å²) < 4.78 is 0. The lowest BCUT2D eigenvalue weighted by atomic mass is 10.0. The van der Waals surface area contributed by atoms with Crippen molar-refractivity contribution in [3.8, 4) is 5.75 Å². The molecule has 3 aromatic carbocycles. The summed E-state index contributed by atoms with van der Waals surface area (Å²) >= 11 is 0. The van der Waals surface area contributed by atoms with E-state index in [1.165, 1.54) is 12.1 Å². The van der Waals surface area contributed by atoms with E-state index in [1.807, 2.05) is 36.4 Å². The highest BCUT2D eigenvalue weighted by Gasteiger charge is 2.19. The Hall–Kier alpha value is -3.41. The van der Waals surface area contributed by atoms with E-state index in [0.717, 1.165) is 22.1 Å². The van der Waals surface area contributed by atoms with Crippen molar-refractivity contribution in [1.82, 2.24) is 0 Å². The SMILES string of the molecule is O=[N+]([O-])c1cc(C2=Nc3cccc4cccc(c34)N2)ccc1O. The van der Waals surface area contributed by atoms with Crippen LogP contribution in [0.4, 0.5) is 17.1 Å². The molecule has 0 unspecified atom stereocenters. The molecule has 0 aliphatic carbocycles. The van der Waals surface area contributed by atoms with Crippen LogP contribution >= 0.6 is 0 Å². The Bertz CT molecular complexity index is 990. The molecule has 2 N–H and O–H groups in total. The first-order valence-corrected chi connectivity index (χ1v) is 6.99. The minimum absolute atomic E-state index is 0.343. The van der Waals surface area contributed by atoms with Gasteiger partial charge in [-0.2, -0.15) is 0 Å². The lowest BCUT2D eigenvalue weighted by molar-refractivity contribution is -0.385. The lowest BCUT2D eigenvalue weighted by Crippen LogP contribution is -2.16. The van der Waals surface area contributed by atoms with E-state index < -0.39 is 4.92 Å². The van der Waals surface area contributed by atoms with E-state index in [2.05, 4.69) is 10.3 Å². The Kier molecular flexibility index (Phi) is 2.77. The first kappa shape index (κ1) is 13.3. The van der Waals surface area contributed by atoms with E-state index in [1.54, 1.807) is 6.07 Å². The Labute approximate surface area is 130 Å². The predicted octanol–water partition coefficient (Wildman–Crippen LogP) is 3.96. The van der Waals surface area contributed by atoms with Crippen LogP contribution in [-0.2, 0) is 0 Å². The number of nitro benzene ring substituents is 1. The standard InChI is InChI=1S/C17H11N3O3/c21-15-8-7-11(9-14(15)20(22)23)17-18-12-5-1-3-10-4-2-6-13(19-17)16(10)12/h1-9,21H,(H,18,19). The van der Waals surface area contributed by atoms with Crippen LogP contribution in [0.25, 0.3) is 10.8 Å². The molecule has 23 heavy (non-hydrogen) atoms. The molecule has 6 nitrogen and oxygen atoms in total. The molecule has 0 radical (unpaired) electrons. The van der Waals surface area contributed by atoms with Crippen molar-refractivity contribution < 1.29 is 10.0 Å². The van der Waals surface area contributed by atoms with Crippen LogP contribution in [0, 0.1) is 10.1 Å². The number of benzene rings is 3. The van der Waals surface area contributed by atoms with Gasteiger partial charge in [0.2, 0.25) is 0 Å². The number of hydrogen-bond acceptors (Lipinski definition) is 5. The number of aliphatic imine (C=N–C) groups is 1. The lowest BCUT2D eigenvalue weighted by Gasteiger charge is -2.19. The van der Waals surface area contributed by atoms with Crippen LogP contribution in [0.3, 0.4) is 0 Å². The molecule has 1 heterocycles. The molecular formula is C17H11N3O3. The van der Waals surface area contributed by atoms with Gasteiger partial charge in [-0.25, -0.2) is 4.99 Å². The molecule has 4 rings (SSSR count). The van der Waals surface area contributed by atoms with Crippen molar-refractivity contribution in [2.75, 3.05) is 5.32 Å². The van der Waals surface area contributed by atoms with Crippen LogP contribution in [0.15, 0.2) is 59.6 Å². The average molecular weight is 305 g/mol. The van der Waals surface area contributed by atoms with Gasteiger partial charge in [0.1, 0.15) is 5.84 Å². The molecule has 0 spiro atoms. The quantitative estimate of drug-likeness (QED) is 0.554. The highest BCUT2D eigenvalue weighted by molar-refractivity contribution is 6.19. The van der Waals surface area contributed by atoms with Gasteiger partial charge in [0.15, 0.2) is 5.75 Å². The molecule has 0 atom stereocenters. The fourth-order valence-corrected chi connectivity index (χ4v) is 2.75. The van der Waals surface area contributed by atoms with Crippen LogP contribution in [0.5, 0.6) is 5.75 Å². The van der Waals surface area contributed by atoms with Crippen molar-refractivity contribution in [3.05, 3.63) is 70.3 Å². The summed E-state index contributed by atoms with van der Waals surface area (Å²) in [5.74, 6) is 0.150. The third-order valence-corrected chi connectivity index (χ3v) is 3.81. The Morgan fingerprint density at radius 3 is 2.65 bits per heavy atom. The maximum Gasteiger partial charge on any atom is 0.311 e. The Morgan fingerprint density at radius 1 is 1.09 bits per heavy atom. The van der Waals surface area contributed by atoms with E-state index >= 15 is 0 Å². The summed E-state index contributed by atoms with van der Waals surface area (Å²) in [7, 11) is 0. The van der Waals surface area contributed by atoms with Gasteiger partial charge < -0.3 is 10.4 Å². The Balaban J connectivity index is 1.89. The van der Waals surface area contributed by atoms with Crippen LogP contribution in [-0.4, -0.2) is 15.9 Å². The molecule has 1 aliphatic rings. The zero-order chi connectivity index (χ0) is 16.0. The van der Waals surface area contributed by atoms with Crippen LogP contribution in [0.1, 0.15) is 5.56 Å². The molecule has 1 aliphatic heterocycles. The van der Waals surface area contributed by atoms with Gasteiger partial charge in [-0.05, 0) is 29.7 Å². The minimum atomic E-state index is -0.614.